The van der Waals surface area contributed by atoms with Crippen LogP contribution in [-0.2, 0) is 19.1 Å². The van der Waals surface area contributed by atoms with Gasteiger partial charge in [0.25, 0.3) is 0 Å². The number of halogens is 1. The van der Waals surface area contributed by atoms with Crippen molar-refractivity contribution in [3.8, 4) is 0 Å². The lowest BCUT2D eigenvalue weighted by molar-refractivity contribution is -0.153. The fourth-order valence-electron chi connectivity index (χ4n) is 2.06. The van der Waals surface area contributed by atoms with Crippen molar-refractivity contribution >= 4 is 46.4 Å². The van der Waals surface area contributed by atoms with Gasteiger partial charge in [-0.25, -0.2) is 4.79 Å². The second-order valence-corrected chi connectivity index (χ2v) is 5.26. The van der Waals surface area contributed by atoms with E-state index in [0.717, 1.165) is 0 Å². The third kappa shape index (κ3) is 2.93. The van der Waals surface area contributed by atoms with Gasteiger partial charge in [-0.2, -0.15) is 0 Å². The monoisotopic (exact) mass is 328 g/mol. The van der Waals surface area contributed by atoms with Crippen molar-refractivity contribution < 1.29 is 19.1 Å². The maximum Gasteiger partial charge on any atom is 0.353 e. The molecule has 0 fully saturated rings. The maximum absolute atomic E-state index is 12.1. The Labute approximate surface area is 131 Å². The van der Waals surface area contributed by atoms with E-state index in [9.17, 15) is 9.59 Å². The highest BCUT2D eigenvalue weighted by molar-refractivity contribution is 7.80. The Balaban J connectivity index is 2.45. The molecule has 0 saturated carbocycles. The third-order valence-corrected chi connectivity index (χ3v) is 3.63. The quantitative estimate of drug-likeness (QED) is 0.642. The minimum absolute atomic E-state index is 0.279. The van der Waals surface area contributed by atoms with Crippen LogP contribution in [0.4, 0.5) is 5.69 Å². The summed E-state index contributed by atoms with van der Waals surface area (Å²) >= 11 is 11.2. The number of rotatable bonds is 3. The van der Waals surface area contributed by atoms with E-state index >= 15 is 0 Å². The molecule has 0 bridgehead atoms. The second-order valence-electron chi connectivity index (χ2n) is 4.42. The molecule has 2 N–H and O–H groups in total. The van der Waals surface area contributed by atoms with Gasteiger partial charge in [0.2, 0.25) is 5.66 Å². The topological polar surface area (TPSA) is 76.7 Å². The Kier molecular flexibility index (Phi) is 4.34. The minimum Gasteiger partial charge on any atom is -0.469 e. The van der Waals surface area contributed by atoms with Gasteiger partial charge in [0, 0.05) is 16.3 Å². The first-order valence-corrected chi connectivity index (χ1v) is 6.76. The lowest BCUT2D eigenvalue weighted by Crippen LogP contribution is -2.63. The number of benzene rings is 1. The summed E-state index contributed by atoms with van der Waals surface area (Å²) in [5.41, 5.74) is -0.279. The van der Waals surface area contributed by atoms with Crippen molar-refractivity contribution in [3.63, 3.8) is 0 Å². The number of ether oxygens (including phenoxy) is 2. The number of fused-ring (bicyclic) bond motifs is 1. The van der Waals surface area contributed by atoms with Crippen LogP contribution >= 0.6 is 23.8 Å². The molecular weight excluding hydrogens is 316 g/mol. The molecular formula is C13H13ClN2O4S. The second kappa shape index (κ2) is 5.87. The van der Waals surface area contributed by atoms with E-state index in [-0.39, 0.29) is 6.42 Å². The number of esters is 2. The van der Waals surface area contributed by atoms with Gasteiger partial charge in [-0.1, -0.05) is 23.8 Å². The molecule has 1 aromatic rings. The molecule has 0 aliphatic carbocycles. The molecule has 0 aromatic heterocycles. The standard InChI is InChI=1S/C13H13ClN2O4S/c1-19-10(17)6-13(12(18)20-2)15-9-4-3-7(14)5-8(9)11(21)16-13/h3-5,15H,6H2,1-2H3,(H,16,21). The maximum atomic E-state index is 12.1. The van der Waals surface area contributed by atoms with E-state index in [2.05, 4.69) is 15.4 Å². The molecule has 1 aromatic carbocycles. The van der Waals surface area contributed by atoms with Crippen LogP contribution in [0.5, 0.6) is 0 Å². The zero-order valence-electron chi connectivity index (χ0n) is 11.4. The summed E-state index contributed by atoms with van der Waals surface area (Å²) in [4.78, 5) is 24.0. The van der Waals surface area contributed by atoms with E-state index in [1.807, 2.05) is 0 Å². The van der Waals surface area contributed by atoms with Crippen molar-refractivity contribution in [2.24, 2.45) is 0 Å². The average Bonchev–Trinajstić information content (AvgIpc) is 2.47. The lowest BCUT2D eigenvalue weighted by Gasteiger charge is -2.38. The van der Waals surface area contributed by atoms with Crippen LogP contribution in [0, 0.1) is 0 Å². The Hall–Kier alpha value is -1.86. The molecule has 0 spiro atoms. The molecule has 1 aliphatic heterocycles. The summed E-state index contributed by atoms with van der Waals surface area (Å²) in [7, 11) is 2.47. The summed E-state index contributed by atoms with van der Waals surface area (Å²) in [5, 5.41) is 6.28. The van der Waals surface area contributed by atoms with Crippen molar-refractivity contribution in [1.82, 2.24) is 5.32 Å². The van der Waals surface area contributed by atoms with Crippen molar-refractivity contribution in [2.75, 3.05) is 19.5 Å². The highest BCUT2D eigenvalue weighted by atomic mass is 35.5. The van der Waals surface area contributed by atoms with Crippen LogP contribution in [0.1, 0.15) is 12.0 Å². The zero-order chi connectivity index (χ0) is 15.6. The Bertz CT molecular complexity index is 622. The first-order valence-electron chi connectivity index (χ1n) is 5.97. The summed E-state index contributed by atoms with van der Waals surface area (Å²) in [6.07, 6.45) is -0.279. The third-order valence-electron chi connectivity index (χ3n) is 3.07. The van der Waals surface area contributed by atoms with Crippen LogP contribution in [-0.4, -0.2) is 36.8 Å². The molecule has 0 amide bonds. The smallest absolute Gasteiger partial charge is 0.353 e. The number of hydrogen-bond acceptors (Lipinski definition) is 6. The predicted molar refractivity (Wildman–Crippen MR) is 81.3 cm³/mol. The molecule has 0 saturated heterocycles. The number of methoxy groups -OCH3 is 2. The van der Waals surface area contributed by atoms with E-state index < -0.39 is 17.6 Å². The van der Waals surface area contributed by atoms with E-state index in [0.29, 0.717) is 21.3 Å². The molecule has 112 valence electrons. The van der Waals surface area contributed by atoms with Gasteiger partial charge in [-0.15, -0.1) is 0 Å². The number of hydrogen-bond donors (Lipinski definition) is 2. The molecule has 0 radical (unpaired) electrons. The van der Waals surface area contributed by atoms with Gasteiger partial charge in [0.1, 0.15) is 4.99 Å². The van der Waals surface area contributed by atoms with Gasteiger partial charge in [0.15, 0.2) is 0 Å². The van der Waals surface area contributed by atoms with Gasteiger partial charge in [-0.3, -0.25) is 4.79 Å². The normalized spacial score (nSPS) is 19.9. The first kappa shape index (κ1) is 15.5. The van der Waals surface area contributed by atoms with Crippen LogP contribution in [0.25, 0.3) is 0 Å². The average molecular weight is 329 g/mol. The van der Waals surface area contributed by atoms with E-state index in [1.54, 1.807) is 18.2 Å². The highest BCUT2D eigenvalue weighted by Gasteiger charge is 2.46. The SMILES string of the molecule is COC(=O)CC1(C(=O)OC)NC(=S)c2cc(Cl)ccc2N1. The van der Waals surface area contributed by atoms with Gasteiger partial charge >= 0.3 is 11.9 Å². The fraction of sp³-hybridized carbons (Fsp3) is 0.308. The molecule has 1 atom stereocenters. The van der Waals surface area contributed by atoms with Crippen LogP contribution < -0.4 is 10.6 Å². The Morgan fingerprint density at radius 3 is 2.62 bits per heavy atom. The molecule has 6 nitrogen and oxygen atoms in total. The van der Waals surface area contributed by atoms with Gasteiger partial charge in [0.05, 0.1) is 20.6 Å². The van der Waals surface area contributed by atoms with Crippen molar-refractivity contribution in [2.45, 2.75) is 12.1 Å². The largest absolute Gasteiger partial charge is 0.469 e. The summed E-state index contributed by atoms with van der Waals surface area (Å²) in [6.45, 7) is 0. The summed E-state index contributed by atoms with van der Waals surface area (Å²) < 4.78 is 9.39. The van der Waals surface area contributed by atoms with Gasteiger partial charge < -0.3 is 20.1 Å². The highest BCUT2D eigenvalue weighted by Crippen LogP contribution is 2.30. The first-order chi connectivity index (χ1) is 9.91. The van der Waals surface area contributed by atoms with Crippen LogP contribution in [0.2, 0.25) is 5.02 Å². The fourth-order valence-corrected chi connectivity index (χ4v) is 2.58. The lowest BCUT2D eigenvalue weighted by atomic mass is 9.99. The van der Waals surface area contributed by atoms with Crippen molar-refractivity contribution in [3.05, 3.63) is 28.8 Å². The molecule has 8 heteroatoms. The molecule has 1 unspecified atom stereocenters. The zero-order valence-corrected chi connectivity index (χ0v) is 12.9. The van der Waals surface area contributed by atoms with E-state index in [1.165, 1.54) is 14.2 Å². The summed E-state index contributed by atoms with van der Waals surface area (Å²) in [6, 6.07) is 5.00. The van der Waals surface area contributed by atoms with Gasteiger partial charge in [-0.05, 0) is 18.2 Å². The number of carbonyl (C=O) groups is 2. The van der Waals surface area contributed by atoms with Crippen LogP contribution in [0.3, 0.4) is 0 Å². The molecule has 1 aliphatic rings. The van der Waals surface area contributed by atoms with E-state index in [4.69, 9.17) is 28.6 Å². The number of nitrogens with one attached hydrogen (secondary N) is 2. The minimum atomic E-state index is -1.50. The summed E-state index contributed by atoms with van der Waals surface area (Å²) in [5.74, 6) is -1.25. The predicted octanol–water partition coefficient (Wildman–Crippen LogP) is 1.46. The Morgan fingerprint density at radius 1 is 1.29 bits per heavy atom. The number of anilines is 1. The number of thiocarbonyl (C=S) groups is 1. The van der Waals surface area contributed by atoms with Crippen LogP contribution in [0.15, 0.2) is 18.2 Å². The molecule has 1 heterocycles. The van der Waals surface area contributed by atoms with Crippen molar-refractivity contribution in [1.29, 1.82) is 0 Å². The molecule has 21 heavy (non-hydrogen) atoms. The number of carbonyl (C=O) groups excluding carboxylic acids is 2. The Morgan fingerprint density at radius 2 is 2.00 bits per heavy atom. The molecule has 2 rings (SSSR count).